The lowest BCUT2D eigenvalue weighted by atomic mass is 10.2. The maximum absolute atomic E-state index is 12.0. The molecule has 0 unspecified atom stereocenters. The highest BCUT2D eigenvalue weighted by molar-refractivity contribution is 8.16. The van der Waals surface area contributed by atoms with Gasteiger partial charge in [0.25, 0.3) is 11.8 Å². The van der Waals surface area contributed by atoms with Crippen LogP contribution in [0.4, 0.5) is 0 Å². The van der Waals surface area contributed by atoms with Crippen molar-refractivity contribution in [1.29, 1.82) is 0 Å². The third kappa shape index (κ3) is 6.87. The van der Waals surface area contributed by atoms with Crippen molar-refractivity contribution in [3.8, 4) is 5.75 Å². The normalized spacial score (nSPS) is 14.2. The Hall–Kier alpha value is -1.83. The second kappa shape index (κ2) is 11.4. The van der Waals surface area contributed by atoms with Crippen LogP contribution >= 0.6 is 35.1 Å². The number of nitrogens with one attached hydrogen (secondary N) is 2. The SMILES string of the molecule is O=C(COc1ccc(C2SCCCS2)cc1)NCCNC(=O)c1ccccc1Cl. The second-order valence-corrected chi connectivity index (χ2v) is 9.50. The third-order valence-electron chi connectivity index (χ3n) is 4.20. The fourth-order valence-electron chi connectivity index (χ4n) is 2.72. The third-order valence-corrected chi connectivity index (χ3v) is 7.55. The number of carbonyl (C=O) groups is 2. The Balaban J connectivity index is 1.33. The summed E-state index contributed by atoms with van der Waals surface area (Å²) >= 11 is 9.93. The maximum Gasteiger partial charge on any atom is 0.258 e. The highest BCUT2D eigenvalue weighted by Crippen LogP contribution is 2.43. The molecule has 1 aliphatic rings. The minimum Gasteiger partial charge on any atom is -0.484 e. The van der Waals surface area contributed by atoms with Crippen molar-refractivity contribution in [2.75, 3.05) is 31.2 Å². The van der Waals surface area contributed by atoms with Gasteiger partial charge in [-0.2, -0.15) is 0 Å². The zero-order valence-corrected chi connectivity index (χ0v) is 18.2. The first-order valence-corrected chi connectivity index (χ1v) is 11.9. The van der Waals surface area contributed by atoms with E-state index < -0.39 is 0 Å². The van der Waals surface area contributed by atoms with E-state index >= 15 is 0 Å². The van der Waals surface area contributed by atoms with Crippen LogP contribution in [0.3, 0.4) is 0 Å². The molecule has 5 nitrogen and oxygen atoms in total. The molecule has 29 heavy (non-hydrogen) atoms. The van der Waals surface area contributed by atoms with Gasteiger partial charge in [0.15, 0.2) is 6.61 Å². The Morgan fingerprint density at radius 2 is 1.69 bits per heavy atom. The summed E-state index contributed by atoms with van der Waals surface area (Å²) in [6, 6.07) is 14.8. The van der Waals surface area contributed by atoms with Gasteiger partial charge in [0.05, 0.1) is 15.2 Å². The number of rotatable bonds is 8. The number of hydrogen-bond donors (Lipinski definition) is 2. The lowest BCUT2D eigenvalue weighted by molar-refractivity contribution is -0.123. The monoisotopic (exact) mass is 450 g/mol. The first-order valence-electron chi connectivity index (χ1n) is 9.39. The van der Waals surface area contributed by atoms with E-state index in [0.29, 0.717) is 34.0 Å². The van der Waals surface area contributed by atoms with Crippen molar-refractivity contribution in [2.45, 2.75) is 11.0 Å². The smallest absolute Gasteiger partial charge is 0.258 e. The van der Waals surface area contributed by atoms with Crippen LogP contribution in [0.15, 0.2) is 48.5 Å². The molecule has 0 radical (unpaired) electrons. The van der Waals surface area contributed by atoms with Crippen LogP contribution in [-0.4, -0.2) is 43.0 Å². The lowest BCUT2D eigenvalue weighted by Crippen LogP contribution is -2.36. The van der Waals surface area contributed by atoms with E-state index in [4.69, 9.17) is 16.3 Å². The van der Waals surface area contributed by atoms with Crippen LogP contribution in [0.25, 0.3) is 0 Å². The molecule has 0 bridgehead atoms. The van der Waals surface area contributed by atoms with E-state index in [1.165, 1.54) is 23.5 Å². The van der Waals surface area contributed by atoms with Crippen LogP contribution in [0.1, 0.15) is 26.9 Å². The first-order chi connectivity index (χ1) is 14.1. The molecule has 1 aliphatic heterocycles. The fraction of sp³-hybridized carbons (Fsp3) is 0.333. The Kier molecular flexibility index (Phi) is 8.58. The zero-order chi connectivity index (χ0) is 20.5. The highest BCUT2D eigenvalue weighted by Gasteiger charge is 2.16. The van der Waals surface area contributed by atoms with E-state index in [1.807, 2.05) is 35.7 Å². The number of halogens is 1. The number of hydrogen-bond acceptors (Lipinski definition) is 5. The summed E-state index contributed by atoms with van der Waals surface area (Å²) < 4.78 is 6.03. The number of amides is 2. The zero-order valence-electron chi connectivity index (χ0n) is 15.9. The van der Waals surface area contributed by atoms with Gasteiger partial charge in [0, 0.05) is 13.1 Å². The Bertz CT molecular complexity index is 827. The molecule has 3 rings (SSSR count). The average Bonchev–Trinajstić information content (AvgIpc) is 2.76. The van der Waals surface area contributed by atoms with E-state index in [1.54, 1.807) is 24.3 Å². The highest BCUT2D eigenvalue weighted by atomic mass is 35.5. The summed E-state index contributed by atoms with van der Waals surface area (Å²) in [5, 5.41) is 5.84. The number of carbonyl (C=O) groups excluding carboxylic acids is 2. The van der Waals surface area contributed by atoms with Crippen molar-refractivity contribution in [1.82, 2.24) is 10.6 Å². The quantitative estimate of drug-likeness (QED) is 0.592. The van der Waals surface area contributed by atoms with Gasteiger partial charge in [-0.25, -0.2) is 0 Å². The molecule has 154 valence electrons. The molecule has 8 heteroatoms. The molecular weight excluding hydrogens is 428 g/mol. The molecule has 2 aromatic carbocycles. The van der Waals surface area contributed by atoms with Crippen molar-refractivity contribution < 1.29 is 14.3 Å². The van der Waals surface area contributed by atoms with Gasteiger partial charge in [-0.05, 0) is 47.8 Å². The van der Waals surface area contributed by atoms with Crippen LogP contribution in [0.2, 0.25) is 5.02 Å². The van der Waals surface area contributed by atoms with Gasteiger partial charge in [-0.3, -0.25) is 9.59 Å². The van der Waals surface area contributed by atoms with Crippen LogP contribution < -0.4 is 15.4 Å². The largest absolute Gasteiger partial charge is 0.484 e. The number of thioether (sulfide) groups is 2. The van der Waals surface area contributed by atoms with Crippen molar-refractivity contribution in [2.24, 2.45) is 0 Å². The molecular formula is C21H23ClN2O3S2. The van der Waals surface area contributed by atoms with Crippen molar-refractivity contribution in [3.05, 3.63) is 64.7 Å². The molecule has 0 atom stereocenters. The first kappa shape index (κ1) is 21.9. The van der Waals surface area contributed by atoms with E-state index in [0.717, 1.165) is 0 Å². The van der Waals surface area contributed by atoms with Crippen LogP contribution in [-0.2, 0) is 4.79 Å². The molecule has 1 heterocycles. The molecule has 0 aliphatic carbocycles. The molecule has 1 fully saturated rings. The topological polar surface area (TPSA) is 67.4 Å². The Labute approximate surface area is 184 Å². The molecule has 1 saturated heterocycles. The van der Waals surface area contributed by atoms with E-state index in [2.05, 4.69) is 22.8 Å². The van der Waals surface area contributed by atoms with Gasteiger partial charge >= 0.3 is 0 Å². The molecule has 0 saturated carbocycles. The predicted octanol–water partition coefficient (Wildman–Crippen LogP) is 4.13. The summed E-state index contributed by atoms with van der Waals surface area (Å²) in [5.74, 6) is 2.57. The van der Waals surface area contributed by atoms with Crippen molar-refractivity contribution >= 4 is 46.9 Å². The average molecular weight is 451 g/mol. The second-order valence-electron chi connectivity index (χ2n) is 6.37. The molecule has 0 aromatic heterocycles. The van der Waals surface area contributed by atoms with Gasteiger partial charge < -0.3 is 15.4 Å². The summed E-state index contributed by atoms with van der Waals surface area (Å²) in [6.07, 6.45) is 1.27. The molecule has 2 N–H and O–H groups in total. The van der Waals surface area contributed by atoms with Crippen LogP contribution in [0, 0.1) is 0 Å². The van der Waals surface area contributed by atoms with Gasteiger partial charge in [-0.1, -0.05) is 35.9 Å². The fourth-order valence-corrected chi connectivity index (χ4v) is 5.84. The summed E-state index contributed by atoms with van der Waals surface area (Å²) in [6.45, 7) is 0.555. The van der Waals surface area contributed by atoms with Gasteiger partial charge in [-0.15, -0.1) is 23.5 Å². The minimum atomic E-state index is -0.268. The van der Waals surface area contributed by atoms with Gasteiger partial charge in [0.1, 0.15) is 5.75 Å². The standard InChI is InChI=1S/C21H23ClN2O3S2/c22-18-5-2-1-4-17(18)20(26)24-11-10-23-19(25)14-27-16-8-6-15(7-9-16)21-28-12-3-13-29-21/h1-2,4-9,21H,3,10-14H2,(H,23,25)(H,24,26). The van der Waals surface area contributed by atoms with Gasteiger partial charge in [0.2, 0.25) is 0 Å². The molecule has 2 aromatic rings. The van der Waals surface area contributed by atoms with Crippen LogP contribution in [0.5, 0.6) is 5.75 Å². The minimum absolute atomic E-state index is 0.0647. The summed E-state index contributed by atoms with van der Waals surface area (Å²) in [7, 11) is 0. The number of benzene rings is 2. The lowest BCUT2D eigenvalue weighted by Gasteiger charge is -2.21. The predicted molar refractivity (Wildman–Crippen MR) is 121 cm³/mol. The van der Waals surface area contributed by atoms with Crippen molar-refractivity contribution in [3.63, 3.8) is 0 Å². The molecule has 0 spiro atoms. The summed E-state index contributed by atoms with van der Waals surface area (Å²) in [4.78, 5) is 23.9. The number of ether oxygens (including phenoxy) is 1. The molecule has 2 amide bonds. The Morgan fingerprint density at radius 3 is 2.41 bits per heavy atom. The van der Waals surface area contributed by atoms with E-state index in [9.17, 15) is 9.59 Å². The Morgan fingerprint density at radius 1 is 1.00 bits per heavy atom. The maximum atomic E-state index is 12.0. The van der Waals surface area contributed by atoms with E-state index in [-0.39, 0.29) is 18.4 Å². The summed E-state index contributed by atoms with van der Waals surface area (Å²) in [5.41, 5.74) is 1.70.